The molecular weight excluding hydrogens is 300 g/mol. The minimum absolute atomic E-state index is 0.264. The fourth-order valence-electron chi connectivity index (χ4n) is 1.44. The lowest BCUT2D eigenvalue weighted by Crippen LogP contribution is -2.12. The van der Waals surface area contributed by atoms with Gasteiger partial charge in [0, 0.05) is 12.6 Å². The van der Waals surface area contributed by atoms with Crippen LogP contribution in [0.15, 0.2) is 18.2 Å². The minimum atomic E-state index is -0.359. The lowest BCUT2D eigenvalue weighted by molar-refractivity contribution is 0.102. The van der Waals surface area contributed by atoms with E-state index >= 15 is 0 Å². The number of benzene rings is 1. The van der Waals surface area contributed by atoms with Crippen molar-refractivity contribution in [1.29, 1.82) is 0 Å². The fourth-order valence-corrected chi connectivity index (χ4v) is 2.31. The van der Waals surface area contributed by atoms with Gasteiger partial charge in [0.25, 0.3) is 5.91 Å². The second-order valence-electron chi connectivity index (χ2n) is 3.74. The molecule has 0 aliphatic heterocycles. The van der Waals surface area contributed by atoms with Crippen LogP contribution in [0.3, 0.4) is 0 Å². The van der Waals surface area contributed by atoms with Crippen molar-refractivity contribution in [2.75, 3.05) is 24.3 Å². The molecule has 0 bridgehead atoms. The Bertz CT molecular complexity index is 617. The molecule has 2 N–H and O–H groups in total. The molecule has 0 aliphatic carbocycles. The number of halogens is 1. The maximum absolute atomic E-state index is 12.1. The number of hydrogen-bond donors (Lipinski definition) is 2. The molecule has 0 fully saturated rings. The lowest BCUT2D eigenvalue weighted by Gasteiger charge is -2.07. The van der Waals surface area contributed by atoms with E-state index in [0.717, 1.165) is 6.54 Å². The largest absolute Gasteiger partial charge is 0.497 e. The minimum Gasteiger partial charge on any atom is -0.497 e. The number of rotatable bonds is 5. The smallest absolute Gasteiger partial charge is 0.286 e. The number of amides is 1. The summed E-state index contributed by atoms with van der Waals surface area (Å²) in [5.74, 6) is 0.247. The normalized spacial score (nSPS) is 10.2. The molecule has 0 radical (unpaired) electrons. The van der Waals surface area contributed by atoms with Crippen LogP contribution >= 0.6 is 22.9 Å². The van der Waals surface area contributed by atoms with Crippen molar-refractivity contribution < 1.29 is 9.53 Å². The lowest BCUT2D eigenvalue weighted by atomic mass is 10.3. The first kappa shape index (κ1) is 14.5. The van der Waals surface area contributed by atoms with Crippen LogP contribution in [0, 0.1) is 0 Å². The molecule has 2 rings (SSSR count). The van der Waals surface area contributed by atoms with Crippen molar-refractivity contribution in [2.45, 2.75) is 6.92 Å². The zero-order chi connectivity index (χ0) is 14.5. The van der Waals surface area contributed by atoms with Gasteiger partial charge in [0.1, 0.15) is 5.75 Å². The summed E-state index contributed by atoms with van der Waals surface area (Å²) in [6.07, 6.45) is 0. The van der Waals surface area contributed by atoms with Gasteiger partial charge in [-0.3, -0.25) is 4.79 Å². The van der Waals surface area contributed by atoms with Crippen LogP contribution in [0.25, 0.3) is 0 Å². The van der Waals surface area contributed by atoms with Gasteiger partial charge in [-0.1, -0.05) is 22.9 Å². The molecule has 1 aromatic carbocycles. The first-order valence-electron chi connectivity index (χ1n) is 5.86. The van der Waals surface area contributed by atoms with Gasteiger partial charge >= 0.3 is 0 Å². The standard InChI is InChI=1S/C12H13ClN4O2S/c1-3-14-12-17-16-11(20-12)10(18)15-9-6-7(19-2)4-5-8(9)13/h4-6H,3H2,1-2H3,(H,14,17)(H,15,18). The molecule has 0 saturated carbocycles. The van der Waals surface area contributed by atoms with E-state index in [9.17, 15) is 4.79 Å². The summed E-state index contributed by atoms with van der Waals surface area (Å²) in [6.45, 7) is 2.66. The number of nitrogens with one attached hydrogen (secondary N) is 2. The summed E-state index contributed by atoms with van der Waals surface area (Å²) in [5.41, 5.74) is 0.469. The second kappa shape index (κ2) is 6.53. The molecule has 0 unspecified atom stereocenters. The number of ether oxygens (including phenoxy) is 1. The first-order chi connectivity index (χ1) is 9.63. The Morgan fingerprint density at radius 1 is 1.45 bits per heavy atom. The monoisotopic (exact) mass is 312 g/mol. The third-order valence-corrected chi connectivity index (χ3v) is 3.58. The molecule has 0 aliphatic rings. The number of nitrogens with zero attached hydrogens (tertiary/aromatic N) is 2. The number of hydrogen-bond acceptors (Lipinski definition) is 6. The van der Waals surface area contributed by atoms with Crippen LogP contribution in [0.2, 0.25) is 5.02 Å². The average molecular weight is 313 g/mol. The van der Waals surface area contributed by atoms with Crippen molar-refractivity contribution in [3.63, 3.8) is 0 Å². The van der Waals surface area contributed by atoms with Gasteiger partial charge in [-0.25, -0.2) is 0 Å². The Balaban J connectivity index is 2.14. The zero-order valence-corrected chi connectivity index (χ0v) is 12.5. The van der Waals surface area contributed by atoms with Crippen molar-refractivity contribution >= 4 is 39.7 Å². The van der Waals surface area contributed by atoms with Gasteiger partial charge < -0.3 is 15.4 Å². The van der Waals surface area contributed by atoms with E-state index in [1.54, 1.807) is 25.3 Å². The van der Waals surface area contributed by atoms with Gasteiger partial charge in [0.2, 0.25) is 10.1 Å². The van der Waals surface area contributed by atoms with E-state index < -0.39 is 0 Å². The predicted molar refractivity (Wildman–Crippen MR) is 80.0 cm³/mol. The Kier molecular flexibility index (Phi) is 4.75. The molecule has 1 heterocycles. The summed E-state index contributed by atoms with van der Waals surface area (Å²) in [6, 6.07) is 5.01. The highest BCUT2D eigenvalue weighted by Gasteiger charge is 2.14. The van der Waals surface area contributed by atoms with E-state index in [2.05, 4.69) is 20.8 Å². The molecule has 0 saturated heterocycles. The second-order valence-corrected chi connectivity index (χ2v) is 5.13. The third-order valence-electron chi connectivity index (χ3n) is 2.37. The quantitative estimate of drug-likeness (QED) is 0.888. The van der Waals surface area contributed by atoms with Crippen molar-refractivity contribution in [3.05, 3.63) is 28.2 Å². The molecule has 20 heavy (non-hydrogen) atoms. The van der Waals surface area contributed by atoms with Gasteiger partial charge in [0.15, 0.2) is 0 Å². The highest BCUT2D eigenvalue weighted by atomic mass is 35.5. The number of aromatic nitrogens is 2. The summed E-state index contributed by atoms with van der Waals surface area (Å²) in [7, 11) is 1.54. The third kappa shape index (κ3) is 3.37. The van der Waals surface area contributed by atoms with Crippen LogP contribution < -0.4 is 15.4 Å². The molecular formula is C12H13ClN4O2S. The summed E-state index contributed by atoms with van der Waals surface area (Å²) >= 11 is 7.21. The summed E-state index contributed by atoms with van der Waals surface area (Å²) in [5, 5.41) is 14.7. The molecule has 0 atom stereocenters. The van der Waals surface area contributed by atoms with Crippen molar-refractivity contribution in [1.82, 2.24) is 10.2 Å². The molecule has 0 spiro atoms. The predicted octanol–water partition coefficient (Wildman–Crippen LogP) is 2.88. The molecule has 6 nitrogen and oxygen atoms in total. The maximum Gasteiger partial charge on any atom is 0.286 e. The molecule has 1 amide bonds. The van der Waals surface area contributed by atoms with Crippen LogP contribution in [0.1, 0.15) is 16.7 Å². The van der Waals surface area contributed by atoms with Crippen LogP contribution in [0.4, 0.5) is 10.8 Å². The van der Waals surface area contributed by atoms with Gasteiger partial charge in [0.05, 0.1) is 17.8 Å². The molecule has 1 aromatic heterocycles. The van der Waals surface area contributed by atoms with Crippen LogP contribution in [-0.2, 0) is 0 Å². The zero-order valence-electron chi connectivity index (χ0n) is 10.9. The highest BCUT2D eigenvalue weighted by molar-refractivity contribution is 7.17. The van der Waals surface area contributed by atoms with E-state index in [4.69, 9.17) is 16.3 Å². The molecule has 2 aromatic rings. The number of carbonyl (C=O) groups is 1. The van der Waals surface area contributed by atoms with Crippen LogP contribution in [0.5, 0.6) is 5.75 Å². The Morgan fingerprint density at radius 2 is 2.25 bits per heavy atom. The molecule has 106 valence electrons. The maximum atomic E-state index is 12.1. The Labute approximate surface area is 125 Å². The average Bonchev–Trinajstić information content (AvgIpc) is 2.90. The highest BCUT2D eigenvalue weighted by Crippen LogP contribution is 2.27. The first-order valence-corrected chi connectivity index (χ1v) is 7.05. The van der Waals surface area contributed by atoms with E-state index in [1.165, 1.54) is 11.3 Å². The van der Waals surface area contributed by atoms with Crippen molar-refractivity contribution in [3.8, 4) is 5.75 Å². The number of carbonyl (C=O) groups excluding carboxylic acids is 1. The Hall–Kier alpha value is -1.86. The molecule has 8 heteroatoms. The van der Waals surface area contributed by atoms with Crippen molar-refractivity contribution in [2.24, 2.45) is 0 Å². The van der Waals surface area contributed by atoms with Gasteiger partial charge in [-0.15, -0.1) is 10.2 Å². The number of anilines is 2. The number of methoxy groups -OCH3 is 1. The van der Waals surface area contributed by atoms with Crippen LogP contribution in [-0.4, -0.2) is 29.8 Å². The van der Waals surface area contributed by atoms with E-state index in [1.807, 2.05) is 6.92 Å². The topological polar surface area (TPSA) is 76.1 Å². The summed E-state index contributed by atoms with van der Waals surface area (Å²) in [4.78, 5) is 12.1. The van der Waals surface area contributed by atoms with E-state index in [-0.39, 0.29) is 10.9 Å². The SMILES string of the molecule is CCNc1nnc(C(=O)Nc2cc(OC)ccc2Cl)s1. The fraction of sp³-hybridized carbons (Fsp3) is 0.250. The van der Waals surface area contributed by atoms with Gasteiger partial charge in [-0.2, -0.15) is 0 Å². The summed E-state index contributed by atoms with van der Waals surface area (Å²) < 4.78 is 5.09. The Morgan fingerprint density at radius 3 is 2.95 bits per heavy atom. The van der Waals surface area contributed by atoms with E-state index in [0.29, 0.717) is 21.6 Å². The van der Waals surface area contributed by atoms with Gasteiger partial charge in [-0.05, 0) is 19.1 Å².